The maximum atomic E-state index is 13.4. The van der Waals surface area contributed by atoms with E-state index in [0.29, 0.717) is 5.02 Å². The Balaban J connectivity index is 1.83. The molecule has 0 spiro atoms. The standard InChI is InChI=1S/C26H26ClNO2/c1-26(2)24(20-14-16-21(27)17-15-20)28(25(26)29)22(18-10-6-4-7-11-18)23(30-3)19-12-8-5-9-13-19/h4-17,22-24H,1-3H3/t22-,23+,24+/m0/s1. The van der Waals surface area contributed by atoms with E-state index in [0.717, 1.165) is 16.7 Å². The van der Waals surface area contributed by atoms with Crippen LogP contribution in [0.4, 0.5) is 0 Å². The molecule has 3 atom stereocenters. The predicted molar refractivity (Wildman–Crippen MR) is 120 cm³/mol. The molecule has 3 nitrogen and oxygen atoms in total. The second-order valence-corrected chi connectivity index (χ2v) is 8.75. The molecule has 154 valence electrons. The molecule has 1 saturated heterocycles. The third-order valence-corrected chi connectivity index (χ3v) is 6.29. The van der Waals surface area contributed by atoms with Crippen LogP contribution in [0, 0.1) is 5.41 Å². The first-order chi connectivity index (χ1) is 14.4. The highest BCUT2D eigenvalue weighted by Crippen LogP contribution is 2.56. The van der Waals surface area contributed by atoms with Gasteiger partial charge in [-0.25, -0.2) is 0 Å². The Labute approximate surface area is 183 Å². The van der Waals surface area contributed by atoms with E-state index < -0.39 is 5.41 Å². The van der Waals surface area contributed by atoms with Crippen LogP contribution in [0.2, 0.25) is 5.02 Å². The van der Waals surface area contributed by atoms with E-state index in [1.807, 2.05) is 79.4 Å². The van der Waals surface area contributed by atoms with Crippen LogP contribution in [-0.4, -0.2) is 17.9 Å². The average molecular weight is 420 g/mol. The number of likely N-dealkylation sites (tertiary alicyclic amines) is 1. The molecular weight excluding hydrogens is 394 g/mol. The van der Waals surface area contributed by atoms with E-state index in [-0.39, 0.29) is 24.1 Å². The normalized spacial score (nSPS) is 19.8. The second-order valence-electron chi connectivity index (χ2n) is 8.31. The number of nitrogens with zero attached hydrogens (tertiary/aromatic N) is 1. The van der Waals surface area contributed by atoms with Crippen molar-refractivity contribution in [2.45, 2.75) is 32.0 Å². The van der Waals surface area contributed by atoms with Crippen molar-refractivity contribution in [3.8, 4) is 0 Å². The smallest absolute Gasteiger partial charge is 0.231 e. The zero-order chi connectivity index (χ0) is 21.3. The van der Waals surface area contributed by atoms with Gasteiger partial charge in [0.15, 0.2) is 0 Å². The molecule has 3 aromatic rings. The molecule has 0 unspecified atom stereocenters. The SMILES string of the molecule is CO[C@H](c1ccccc1)[C@H](c1ccccc1)N1C(=O)C(C)(C)[C@H]1c1ccc(Cl)cc1. The van der Waals surface area contributed by atoms with Gasteiger partial charge in [-0.3, -0.25) is 4.79 Å². The maximum Gasteiger partial charge on any atom is 0.231 e. The van der Waals surface area contributed by atoms with Crippen LogP contribution in [0.25, 0.3) is 0 Å². The van der Waals surface area contributed by atoms with Crippen molar-refractivity contribution in [2.24, 2.45) is 5.41 Å². The lowest BCUT2D eigenvalue weighted by molar-refractivity contribution is -0.182. The van der Waals surface area contributed by atoms with E-state index >= 15 is 0 Å². The summed E-state index contributed by atoms with van der Waals surface area (Å²) in [6, 6.07) is 27.7. The molecule has 1 fully saturated rings. The fraction of sp³-hybridized carbons (Fsp3) is 0.269. The highest BCUT2D eigenvalue weighted by Gasteiger charge is 2.58. The summed E-state index contributed by atoms with van der Waals surface area (Å²) in [4.78, 5) is 15.4. The molecular formula is C26H26ClNO2. The molecule has 0 N–H and O–H groups in total. The monoisotopic (exact) mass is 419 g/mol. The summed E-state index contributed by atoms with van der Waals surface area (Å²) in [7, 11) is 1.71. The van der Waals surface area contributed by atoms with Gasteiger partial charge in [-0.15, -0.1) is 0 Å². The highest BCUT2D eigenvalue weighted by atomic mass is 35.5. The van der Waals surface area contributed by atoms with E-state index in [9.17, 15) is 4.79 Å². The van der Waals surface area contributed by atoms with Crippen molar-refractivity contribution in [3.63, 3.8) is 0 Å². The molecule has 1 amide bonds. The third-order valence-electron chi connectivity index (χ3n) is 6.04. The fourth-order valence-corrected chi connectivity index (χ4v) is 4.71. The average Bonchev–Trinajstić information content (AvgIpc) is 2.78. The van der Waals surface area contributed by atoms with Gasteiger partial charge in [0.2, 0.25) is 5.91 Å². The highest BCUT2D eigenvalue weighted by molar-refractivity contribution is 6.30. The van der Waals surface area contributed by atoms with Crippen LogP contribution in [0.5, 0.6) is 0 Å². The Kier molecular flexibility index (Phi) is 5.68. The Hall–Kier alpha value is -2.62. The van der Waals surface area contributed by atoms with Gasteiger partial charge in [0.1, 0.15) is 6.10 Å². The van der Waals surface area contributed by atoms with Crippen LogP contribution >= 0.6 is 11.6 Å². The van der Waals surface area contributed by atoms with Gasteiger partial charge in [-0.05, 0) is 42.7 Å². The summed E-state index contributed by atoms with van der Waals surface area (Å²) in [5.41, 5.74) is 2.67. The largest absolute Gasteiger partial charge is 0.374 e. The minimum atomic E-state index is -0.504. The Bertz CT molecular complexity index is 1000. The third kappa shape index (κ3) is 3.53. The summed E-state index contributed by atoms with van der Waals surface area (Å²) in [5, 5.41) is 0.687. The maximum absolute atomic E-state index is 13.4. The molecule has 0 aliphatic carbocycles. The zero-order valence-electron chi connectivity index (χ0n) is 17.5. The molecule has 3 aromatic carbocycles. The lowest BCUT2D eigenvalue weighted by Gasteiger charge is -2.57. The van der Waals surface area contributed by atoms with Gasteiger partial charge < -0.3 is 9.64 Å². The molecule has 1 aliphatic rings. The number of halogens is 1. The lowest BCUT2D eigenvalue weighted by atomic mass is 9.68. The number of hydrogen-bond acceptors (Lipinski definition) is 2. The second kappa shape index (κ2) is 8.25. The van der Waals surface area contributed by atoms with Gasteiger partial charge >= 0.3 is 0 Å². The summed E-state index contributed by atoms with van der Waals surface area (Å²) >= 11 is 6.12. The van der Waals surface area contributed by atoms with Crippen LogP contribution in [0.1, 0.15) is 48.7 Å². The first kappa shape index (κ1) is 20.6. The van der Waals surface area contributed by atoms with Crippen molar-refractivity contribution in [1.29, 1.82) is 0 Å². The molecule has 1 aliphatic heterocycles. The lowest BCUT2D eigenvalue weighted by Crippen LogP contribution is -2.62. The van der Waals surface area contributed by atoms with Crippen molar-refractivity contribution in [1.82, 2.24) is 4.90 Å². The number of carbonyl (C=O) groups excluding carboxylic acids is 1. The molecule has 1 heterocycles. The Morgan fingerprint density at radius 1 is 0.867 bits per heavy atom. The number of β-lactam (4-membered cyclic amide) rings is 1. The van der Waals surface area contributed by atoms with E-state index in [2.05, 4.69) is 24.3 Å². The summed E-state index contributed by atoms with van der Waals surface area (Å²) in [6.07, 6.45) is -0.288. The number of rotatable bonds is 6. The zero-order valence-corrected chi connectivity index (χ0v) is 18.2. The quantitative estimate of drug-likeness (QED) is 0.434. The number of benzene rings is 3. The summed E-state index contributed by atoms with van der Waals surface area (Å²) in [5.74, 6) is 0.120. The van der Waals surface area contributed by atoms with Crippen molar-refractivity contribution in [3.05, 3.63) is 107 Å². The van der Waals surface area contributed by atoms with Crippen molar-refractivity contribution in [2.75, 3.05) is 7.11 Å². The minimum Gasteiger partial charge on any atom is -0.374 e. The van der Waals surface area contributed by atoms with Crippen LogP contribution in [-0.2, 0) is 9.53 Å². The summed E-state index contributed by atoms with van der Waals surface area (Å²) < 4.78 is 6.01. The van der Waals surface area contributed by atoms with Crippen LogP contribution in [0.3, 0.4) is 0 Å². The number of methoxy groups -OCH3 is 1. The number of ether oxygens (including phenoxy) is 1. The van der Waals surface area contributed by atoms with Gasteiger partial charge in [0.25, 0.3) is 0 Å². The molecule has 0 saturated carbocycles. The minimum absolute atomic E-state index is 0.0752. The number of carbonyl (C=O) groups is 1. The summed E-state index contributed by atoms with van der Waals surface area (Å²) in [6.45, 7) is 4.02. The van der Waals surface area contributed by atoms with Gasteiger partial charge in [0.05, 0.1) is 17.5 Å². The topological polar surface area (TPSA) is 29.5 Å². The Morgan fingerprint density at radius 2 is 1.40 bits per heavy atom. The van der Waals surface area contributed by atoms with Crippen molar-refractivity contribution >= 4 is 17.5 Å². The first-order valence-electron chi connectivity index (χ1n) is 10.2. The molecule has 0 bridgehead atoms. The number of hydrogen-bond donors (Lipinski definition) is 0. The molecule has 4 heteroatoms. The molecule has 4 rings (SSSR count). The predicted octanol–water partition coefficient (Wildman–Crippen LogP) is 6.38. The van der Waals surface area contributed by atoms with Gasteiger partial charge in [-0.2, -0.15) is 0 Å². The number of amides is 1. The van der Waals surface area contributed by atoms with Crippen LogP contribution < -0.4 is 0 Å². The Morgan fingerprint density at radius 3 is 1.93 bits per heavy atom. The fourth-order valence-electron chi connectivity index (χ4n) is 4.58. The molecule has 30 heavy (non-hydrogen) atoms. The van der Waals surface area contributed by atoms with Gasteiger partial charge in [-0.1, -0.05) is 84.4 Å². The first-order valence-corrected chi connectivity index (χ1v) is 10.5. The van der Waals surface area contributed by atoms with Crippen molar-refractivity contribution < 1.29 is 9.53 Å². The van der Waals surface area contributed by atoms with E-state index in [1.54, 1.807) is 7.11 Å². The van der Waals surface area contributed by atoms with E-state index in [4.69, 9.17) is 16.3 Å². The molecule has 0 radical (unpaired) electrons. The molecule has 0 aromatic heterocycles. The van der Waals surface area contributed by atoms with Gasteiger partial charge in [0, 0.05) is 12.1 Å². The van der Waals surface area contributed by atoms with Crippen LogP contribution in [0.15, 0.2) is 84.9 Å². The van der Waals surface area contributed by atoms with E-state index in [1.165, 1.54) is 0 Å².